The summed E-state index contributed by atoms with van der Waals surface area (Å²) in [7, 11) is 3.16. The highest BCUT2D eigenvalue weighted by atomic mass is 16.5. The highest BCUT2D eigenvalue weighted by molar-refractivity contribution is 5.91. The van der Waals surface area contributed by atoms with Crippen molar-refractivity contribution in [2.45, 2.75) is 39.5 Å². The van der Waals surface area contributed by atoms with Crippen LogP contribution in [-0.4, -0.2) is 26.8 Å². The van der Waals surface area contributed by atoms with Gasteiger partial charge in [-0.25, -0.2) is 4.79 Å². The van der Waals surface area contributed by atoms with Crippen LogP contribution in [0.2, 0.25) is 0 Å². The van der Waals surface area contributed by atoms with Crippen LogP contribution in [0, 0.1) is 5.92 Å². The third-order valence-corrected chi connectivity index (χ3v) is 3.75. The maximum Gasteiger partial charge on any atom is 0.319 e. The first kappa shape index (κ1) is 18.1. The molecule has 2 N–H and O–H groups in total. The number of ether oxygens (including phenoxy) is 2. The van der Waals surface area contributed by atoms with Crippen molar-refractivity contribution in [3.63, 3.8) is 0 Å². The molecule has 1 atom stereocenters. The molecule has 0 aliphatic rings. The van der Waals surface area contributed by atoms with Gasteiger partial charge in [0.1, 0.15) is 11.5 Å². The van der Waals surface area contributed by atoms with Crippen LogP contribution in [0.3, 0.4) is 0 Å². The standard InChI is InChI=1S/C17H28N2O3/c1-5-7-8-13(6-2)12-18-17(20)19-15-11-14(21-3)9-10-16(15)22-4/h9-11,13H,5-8,12H2,1-4H3,(H2,18,19,20). The average Bonchev–Trinajstić information content (AvgIpc) is 2.54. The highest BCUT2D eigenvalue weighted by Gasteiger charge is 2.11. The van der Waals surface area contributed by atoms with Gasteiger partial charge in [0.25, 0.3) is 0 Å². The Kier molecular flexibility index (Phi) is 8.18. The Hall–Kier alpha value is -1.91. The van der Waals surface area contributed by atoms with E-state index in [9.17, 15) is 4.79 Å². The lowest BCUT2D eigenvalue weighted by molar-refractivity contribution is 0.249. The molecule has 124 valence electrons. The third kappa shape index (κ3) is 5.84. The number of unbranched alkanes of at least 4 members (excludes halogenated alkanes) is 1. The Labute approximate surface area is 133 Å². The molecule has 0 aliphatic carbocycles. The molecule has 1 unspecified atom stereocenters. The van der Waals surface area contributed by atoms with Gasteiger partial charge < -0.3 is 20.1 Å². The fourth-order valence-corrected chi connectivity index (χ4v) is 2.26. The summed E-state index contributed by atoms with van der Waals surface area (Å²) < 4.78 is 10.4. The zero-order valence-corrected chi connectivity index (χ0v) is 14.1. The minimum atomic E-state index is -0.221. The highest BCUT2D eigenvalue weighted by Crippen LogP contribution is 2.28. The quantitative estimate of drug-likeness (QED) is 0.723. The number of benzene rings is 1. The Balaban J connectivity index is 2.57. The average molecular weight is 308 g/mol. The maximum absolute atomic E-state index is 12.1. The summed E-state index contributed by atoms with van der Waals surface area (Å²) in [6.45, 7) is 5.03. The predicted octanol–water partition coefficient (Wildman–Crippen LogP) is 4.04. The molecular formula is C17H28N2O3. The van der Waals surface area contributed by atoms with Crippen LogP contribution in [0.5, 0.6) is 11.5 Å². The molecule has 1 rings (SSSR count). The lowest BCUT2D eigenvalue weighted by atomic mass is 9.99. The molecular weight excluding hydrogens is 280 g/mol. The van der Waals surface area contributed by atoms with E-state index in [1.165, 1.54) is 12.8 Å². The number of anilines is 1. The number of carbonyl (C=O) groups excluding carboxylic acids is 1. The summed E-state index contributed by atoms with van der Waals surface area (Å²) in [4.78, 5) is 12.1. The summed E-state index contributed by atoms with van der Waals surface area (Å²) in [5, 5.41) is 5.75. The normalized spacial score (nSPS) is 11.6. The summed E-state index contributed by atoms with van der Waals surface area (Å²) in [6.07, 6.45) is 4.60. The van der Waals surface area contributed by atoms with Gasteiger partial charge in [-0.1, -0.05) is 33.1 Å². The number of methoxy groups -OCH3 is 2. The van der Waals surface area contributed by atoms with E-state index < -0.39 is 0 Å². The van der Waals surface area contributed by atoms with E-state index in [0.717, 1.165) is 12.8 Å². The first-order valence-corrected chi connectivity index (χ1v) is 7.91. The van der Waals surface area contributed by atoms with Gasteiger partial charge in [0.15, 0.2) is 0 Å². The Morgan fingerprint density at radius 2 is 2.00 bits per heavy atom. The molecule has 0 bridgehead atoms. The number of urea groups is 1. The zero-order chi connectivity index (χ0) is 16.4. The van der Waals surface area contributed by atoms with Crippen molar-refractivity contribution in [1.29, 1.82) is 0 Å². The largest absolute Gasteiger partial charge is 0.497 e. The molecule has 2 amide bonds. The lowest BCUT2D eigenvalue weighted by Gasteiger charge is -2.16. The maximum atomic E-state index is 12.1. The Morgan fingerprint density at radius 1 is 1.23 bits per heavy atom. The smallest absolute Gasteiger partial charge is 0.319 e. The first-order chi connectivity index (χ1) is 10.6. The molecule has 0 saturated heterocycles. The molecule has 5 heteroatoms. The molecule has 0 heterocycles. The van der Waals surface area contributed by atoms with Crippen LogP contribution in [0.1, 0.15) is 39.5 Å². The second kappa shape index (κ2) is 9.92. The molecule has 1 aromatic rings. The van der Waals surface area contributed by atoms with Crippen LogP contribution in [0.25, 0.3) is 0 Å². The van der Waals surface area contributed by atoms with Crippen molar-refractivity contribution in [2.24, 2.45) is 5.92 Å². The van der Waals surface area contributed by atoms with E-state index >= 15 is 0 Å². The minimum Gasteiger partial charge on any atom is -0.497 e. The van der Waals surface area contributed by atoms with Crippen LogP contribution in [0.4, 0.5) is 10.5 Å². The van der Waals surface area contributed by atoms with Gasteiger partial charge in [0.05, 0.1) is 19.9 Å². The minimum absolute atomic E-state index is 0.221. The number of hydrogen-bond donors (Lipinski definition) is 2. The van der Waals surface area contributed by atoms with Gasteiger partial charge in [0.2, 0.25) is 0 Å². The molecule has 5 nitrogen and oxygen atoms in total. The van der Waals surface area contributed by atoms with Crippen molar-refractivity contribution in [3.8, 4) is 11.5 Å². The van der Waals surface area contributed by atoms with Crippen LogP contribution < -0.4 is 20.1 Å². The second-order valence-corrected chi connectivity index (χ2v) is 5.32. The Morgan fingerprint density at radius 3 is 2.59 bits per heavy atom. The number of hydrogen-bond acceptors (Lipinski definition) is 3. The third-order valence-electron chi connectivity index (χ3n) is 3.75. The van der Waals surface area contributed by atoms with E-state index in [1.807, 2.05) is 0 Å². The van der Waals surface area contributed by atoms with Crippen LogP contribution >= 0.6 is 0 Å². The zero-order valence-electron chi connectivity index (χ0n) is 14.1. The Bertz CT molecular complexity index is 463. The van der Waals surface area contributed by atoms with Crippen molar-refractivity contribution < 1.29 is 14.3 Å². The number of carbonyl (C=O) groups is 1. The summed E-state index contributed by atoms with van der Waals surface area (Å²) in [6, 6.07) is 5.08. The van der Waals surface area contributed by atoms with Gasteiger partial charge in [-0.05, 0) is 24.5 Å². The van der Waals surface area contributed by atoms with E-state index in [4.69, 9.17) is 9.47 Å². The van der Waals surface area contributed by atoms with Crippen molar-refractivity contribution in [3.05, 3.63) is 18.2 Å². The first-order valence-electron chi connectivity index (χ1n) is 7.91. The summed E-state index contributed by atoms with van der Waals surface area (Å²) in [5.41, 5.74) is 0.598. The van der Waals surface area contributed by atoms with Gasteiger partial charge in [-0.3, -0.25) is 0 Å². The van der Waals surface area contributed by atoms with Crippen LogP contribution in [0.15, 0.2) is 18.2 Å². The summed E-state index contributed by atoms with van der Waals surface area (Å²) >= 11 is 0. The number of amides is 2. The number of nitrogens with one attached hydrogen (secondary N) is 2. The number of rotatable bonds is 9. The molecule has 0 fully saturated rings. The fourth-order valence-electron chi connectivity index (χ4n) is 2.26. The van der Waals surface area contributed by atoms with Gasteiger partial charge in [0, 0.05) is 12.6 Å². The second-order valence-electron chi connectivity index (χ2n) is 5.32. The van der Waals surface area contributed by atoms with E-state index in [-0.39, 0.29) is 6.03 Å². The topological polar surface area (TPSA) is 59.6 Å². The SMILES string of the molecule is CCCCC(CC)CNC(=O)Nc1cc(OC)ccc1OC. The molecule has 0 spiro atoms. The van der Waals surface area contributed by atoms with E-state index in [1.54, 1.807) is 32.4 Å². The van der Waals surface area contributed by atoms with Gasteiger partial charge in [-0.15, -0.1) is 0 Å². The van der Waals surface area contributed by atoms with Crippen LogP contribution in [-0.2, 0) is 0 Å². The van der Waals surface area contributed by atoms with Crippen molar-refractivity contribution >= 4 is 11.7 Å². The van der Waals surface area contributed by atoms with E-state index in [0.29, 0.717) is 29.6 Å². The van der Waals surface area contributed by atoms with Gasteiger partial charge >= 0.3 is 6.03 Å². The van der Waals surface area contributed by atoms with Gasteiger partial charge in [-0.2, -0.15) is 0 Å². The molecule has 0 aliphatic heterocycles. The summed E-state index contributed by atoms with van der Waals surface area (Å²) in [5.74, 6) is 1.80. The predicted molar refractivity (Wildman–Crippen MR) is 89.9 cm³/mol. The molecule has 0 aromatic heterocycles. The monoisotopic (exact) mass is 308 g/mol. The van der Waals surface area contributed by atoms with Crippen molar-refractivity contribution in [1.82, 2.24) is 5.32 Å². The van der Waals surface area contributed by atoms with Crippen molar-refractivity contribution in [2.75, 3.05) is 26.1 Å². The molecule has 0 saturated carbocycles. The molecule has 22 heavy (non-hydrogen) atoms. The van der Waals surface area contributed by atoms with E-state index in [2.05, 4.69) is 24.5 Å². The fraction of sp³-hybridized carbons (Fsp3) is 0.588. The lowest BCUT2D eigenvalue weighted by Crippen LogP contribution is -2.33. The molecule has 1 aromatic carbocycles. The molecule has 0 radical (unpaired) electrons.